The van der Waals surface area contributed by atoms with E-state index in [0.717, 1.165) is 11.1 Å². The number of benzene rings is 2. The molecule has 0 fully saturated rings. The van der Waals surface area contributed by atoms with Crippen molar-refractivity contribution in [2.75, 3.05) is 0 Å². The third kappa shape index (κ3) is 2.75. The molecule has 2 nitrogen and oxygen atoms in total. The maximum Gasteiger partial charge on any atom is 0.330 e. The minimum absolute atomic E-state index is 0.697. The first-order valence-corrected chi connectivity index (χ1v) is 8.92. The Labute approximate surface area is 152 Å². The van der Waals surface area contributed by atoms with Gasteiger partial charge in [-0.3, -0.25) is 0 Å². The van der Waals surface area contributed by atoms with Crippen LogP contribution in [0.15, 0.2) is 0 Å². The molecule has 2 rings (SSSR count). The summed E-state index contributed by atoms with van der Waals surface area (Å²) < 4.78 is 0. The van der Waals surface area contributed by atoms with Crippen LogP contribution >= 0.6 is 0 Å². The minimum atomic E-state index is 0.697. The van der Waals surface area contributed by atoms with E-state index in [2.05, 4.69) is 74.0 Å². The second-order valence-corrected chi connectivity index (χ2v) is 7.45. The van der Waals surface area contributed by atoms with Gasteiger partial charge in [0, 0.05) is 0 Å². The molecular weight excluding hydrogens is 304 g/mol. The fraction of sp³-hybridized carbons (Fsp3) is 0.435. The Morgan fingerprint density at radius 2 is 0.640 bits per heavy atom. The number of hydrogen-bond donors (Lipinski definition) is 0. The molecule has 0 heterocycles. The largest absolute Gasteiger partial charge is 0.361 e. The van der Waals surface area contributed by atoms with E-state index in [-0.39, 0.29) is 0 Å². The average molecular weight is 335 g/mol. The summed E-state index contributed by atoms with van der Waals surface area (Å²) in [5.74, 6) is 0. The molecule has 0 bridgehead atoms. The van der Waals surface area contributed by atoms with Crippen LogP contribution in [0.25, 0.3) is 5.53 Å². The van der Waals surface area contributed by atoms with Gasteiger partial charge in [0.05, 0.1) is 11.1 Å². The summed E-state index contributed by atoms with van der Waals surface area (Å²) in [6.45, 7) is 21.5. The Kier molecular flexibility index (Phi) is 5.06. The van der Waals surface area contributed by atoms with Crippen molar-refractivity contribution >= 4 is 5.71 Å². The molecule has 0 aliphatic heterocycles. The Morgan fingerprint density at radius 3 is 0.840 bits per heavy atom. The highest BCUT2D eigenvalue weighted by molar-refractivity contribution is 6.13. The van der Waals surface area contributed by atoms with Crippen LogP contribution in [0.5, 0.6) is 0 Å². The van der Waals surface area contributed by atoms with Crippen molar-refractivity contribution in [1.82, 2.24) is 0 Å². The molecule has 0 spiro atoms. The maximum atomic E-state index is 10.0. The summed E-state index contributed by atoms with van der Waals surface area (Å²) >= 11 is 0. The van der Waals surface area contributed by atoms with Gasteiger partial charge in [-0.1, -0.05) is 0 Å². The fourth-order valence-electron chi connectivity index (χ4n) is 3.94. The summed E-state index contributed by atoms with van der Waals surface area (Å²) in [5, 5.41) is 0. The Bertz CT molecular complexity index is 810. The Balaban J connectivity index is 2.98. The van der Waals surface area contributed by atoms with Crippen molar-refractivity contribution < 1.29 is 4.79 Å². The highest BCUT2D eigenvalue weighted by Crippen LogP contribution is 2.32. The van der Waals surface area contributed by atoms with Crippen molar-refractivity contribution in [1.29, 1.82) is 0 Å². The first-order valence-electron chi connectivity index (χ1n) is 8.92. The first-order chi connectivity index (χ1) is 11.6. The smallest absolute Gasteiger partial charge is 0.330 e. The summed E-state index contributed by atoms with van der Waals surface area (Å²) in [7, 11) is 0. The average Bonchev–Trinajstić information content (AvgIpc) is 2.60. The number of rotatable bonds is 2. The van der Waals surface area contributed by atoms with Gasteiger partial charge in [-0.25, -0.2) is 0 Å². The monoisotopic (exact) mass is 334 g/mol. The topological polar surface area (TPSA) is 36.4 Å². The van der Waals surface area contributed by atoms with E-state index in [4.69, 9.17) is 0 Å². The standard InChI is InChI=1S/C23H30N2/c1-11-13(3)17(7)21(18(8)14(11)4)23(25-24)22-19(9)15(5)12(2)16(6)20(22)10/h1-10H3. The van der Waals surface area contributed by atoms with Gasteiger partial charge in [-0.15, -0.1) is 0 Å². The molecule has 0 atom stereocenters. The molecule has 0 unspecified atom stereocenters. The molecule has 0 aromatic heterocycles. The molecule has 2 aromatic rings. The van der Waals surface area contributed by atoms with Gasteiger partial charge in [0.15, 0.2) is 0 Å². The maximum absolute atomic E-state index is 10.0. The van der Waals surface area contributed by atoms with E-state index in [1.54, 1.807) is 0 Å². The molecule has 0 aliphatic rings. The molecule has 132 valence electrons. The highest BCUT2D eigenvalue weighted by atomic mass is 14.9. The normalized spacial score (nSPS) is 10.8. The molecule has 0 amide bonds. The zero-order valence-corrected chi connectivity index (χ0v) is 17.4. The molecule has 25 heavy (non-hydrogen) atoms. The lowest BCUT2D eigenvalue weighted by Crippen LogP contribution is -2.17. The van der Waals surface area contributed by atoms with Crippen LogP contribution in [-0.2, 0) is 0 Å². The molecule has 0 N–H and O–H groups in total. The van der Waals surface area contributed by atoms with Crippen molar-refractivity contribution in [3.63, 3.8) is 0 Å². The predicted octanol–water partition coefficient (Wildman–Crippen LogP) is 5.84. The van der Waals surface area contributed by atoms with E-state index in [9.17, 15) is 5.53 Å². The lowest BCUT2D eigenvalue weighted by Gasteiger charge is -2.20. The molecule has 2 aromatic carbocycles. The summed E-state index contributed by atoms with van der Waals surface area (Å²) in [5.41, 5.74) is 25.4. The highest BCUT2D eigenvalue weighted by Gasteiger charge is 2.28. The molecule has 0 radical (unpaired) electrons. The van der Waals surface area contributed by atoms with Crippen LogP contribution in [0.2, 0.25) is 0 Å². The van der Waals surface area contributed by atoms with Gasteiger partial charge in [-0.05, 0) is 125 Å². The quantitative estimate of drug-likeness (QED) is 0.376. The van der Waals surface area contributed by atoms with Crippen LogP contribution in [0.1, 0.15) is 66.8 Å². The lowest BCUT2D eigenvalue weighted by molar-refractivity contribution is -0.00297. The molecule has 2 heteroatoms. The van der Waals surface area contributed by atoms with Crippen LogP contribution < -0.4 is 0 Å². The van der Waals surface area contributed by atoms with E-state index in [1.165, 1.54) is 55.6 Å². The van der Waals surface area contributed by atoms with E-state index in [0.29, 0.717) is 5.71 Å². The zero-order valence-electron chi connectivity index (χ0n) is 17.4. The zero-order chi connectivity index (χ0) is 19.2. The molecule has 0 saturated carbocycles. The minimum Gasteiger partial charge on any atom is -0.361 e. The Morgan fingerprint density at radius 1 is 0.440 bits per heavy atom. The summed E-state index contributed by atoms with van der Waals surface area (Å²) in [6, 6.07) is 0. The van der Waals surface area contributed by atoms with Crippen molar-refractivity contribution in [3.05, 3.63) is 72.3 Å². The third-order valence-electron chi connectivity index (χ3n) is 6.57. The SMILES string of the molecule is Cc1c(C)c(C)c(C(=[N+]=[N-])c2c(C)c(C)c(C)c(C)c2C)c(C)c1C. The van der Waals surface area contributed by atoms with Crippen molar-refractivity contribution in [2.24, 2.45) is 0 Å². The van der Waals surface area contributed by atoms with Gasteiger partial charge < -0.3 is 5.53 Å². The summed E-state index contributed by atoms with van der Waals surface area (Å²) in [4.78, 5) is 3.81. The molecule has 0 aliphatic carbocycles. The predicted molar refractivity (Wildman–Crippen MR) is 107 cm³/mol. The molecular formula is C23H30N2. The van der Waals surface area contributed by atoms with Crippen molar-refractivity contribution in [2.45, 2.75) is 69.2 Å². The second-order valence-electron chi connectivity index (χ2n) is 7.45. The molecule has 0 saturated heterocycles. The second kappa shape index (κ2) is 6.61. The van der Waals surface area contributed by atoms with Gasteiger partial charge in [0.1, 0.15) is 0 Å². The fourth-order valence-corrected chi connectivity index (χ4v) is 3.94. The van der Waals surface area contributed by atoms with Gasteiger partial charge >= 0.3 is 5.71 Å². The number of hydrogen-bond acceptors (Lipinski definition) is 0. The lowest BCUT2D eigenvalue weighted by atomic mass is 9.81. The Hall–Kier alpha value is -2.18. The van der Waals surface area contributed by atoms with E-state index in [1.807, 2.05) is 0 Å². The van der Waals surface area contributed by atoms with Gasteiger partial charge in [-0.2, -0.15) is 4.79 Å². The van der Waals surface area contributed by atoms with Gasteiger partial charge in [0.25, 0.3) is 0 Å². The van der Waals surface area contributed by atoms with Crippen LogP contribution in [-0.4, -0.2) is 10.5 Å². The van der Waals surface area contributed by atoms with Gasteiger partial charge in [0.2, 0.25) is 0 Å². The number of nitrogens with zero attached hydrogens (tertiary/aromatic N) is 2. The van der Waals surface area contributed by atoms with Crippen LogP contribution in [0.3, 0.4) is 0 Å². The van der Waals surface area contributed by atoms with Crippen LogP contribution in [0.4, 0.5) is 0 Å². The first kappa shape index (κ1) is 19.1. The van der Waals surface area contributed by atoms with E-state index >= 15 is 0 Å². The van der Waals surface area contributed by atoms with Crippen LogP contribution in [0, 0.1) is 69.2 Å². The van der Waals surface area contributed by atoms with E-state index < -0.39 is 0 Å². The van der Waals surface area contributed by atoms with Crippen molar-refractivity contribution in [3.8, 4) is 0 Å². The third-order valence-corrected chi connectivity index (χ3v) is 6.57. The summed E-state index contributed by atoms with van der Waals surface area (Å²) in [6.07, 6.45) is 0.